The highest BCUT2D eigenvalue weighted by atomic mass is 35.5. The summed E-state index contributed by atoms with van der Waals surface area (Å²) in [6.45, 7) is 0.468. The van der Waals surface area contributed by atoms with Crippen LogP contribution in [0.25, 0.3) is 32.6 Å². The minimum Gasteiger partial charge on any atom is -0.476 e. The van der Waals surface area contributed by atoms with Gasteiger partial charge in [-0.05, 0) is 23.8 Å². The number of hydrogen-bond acceptors (Lipinski definition) is 6. The van der Waals surface area contributed by atoms with E-state index < -0.39 is 0 Å². The third kappa shape index (κ3) is 3.10. The van der Waals surface area contributed by atoms with Crippen LogP contribution in [0.5, 0.6) is 5.88 Å². The zero-order chi connectivity index (χ0) is 19.1. The number of halogens is 1. The minimum atomic E-state index is 0.468. The maximum atomic E-state index is 6.13. The van der Waals surface area contributed by atoms with E-state index >= 15 is 0 Å². The third-order valence-corrected chi connectivity index (χ3v) is 5.42. The summed E-state index contributed by atoms with van der Waals surface area (Å²) in [4.78, 5) is 17.6. The summed E-state index contributed by atoms with van der Waals surface area (Å²) in [5, 5.41) is 6.01. The number of hydrogen-bond donors (Lipinski definition) is 1. The molecular formula is C19H15ClN6OS. The monoisotopic (exact) mass is 410 g/mol. The fourth-order valence-corrected chi connectivity index (χ4v) is 3.94. The first kappa shape index (κ1) is 17.2. The quantitative estimate of drug-likeness (QED) is 0.468. The zero-order valence-corrected chi connectivity index (χ0v) is 16.5. The molecule has 5 rings (SSSR count). The van der Waals surface area contributed by atoms with E-state index in [1.807, 2.05) is 37.6 Å². The Morgan fingerprint density at radius 1 is 1.29 bits per heavy atom. The average Bonchev–Trinajstić information content (AvgIpc) is 3.41. The van der Waals surface area contributed by atoms with Crippen molar-refractivity contribution in [2.75, 3.05) is 6.61 Å². The fraction of sp³-hybridized carbons (Fsp3) is 0.158. The number of aromatic nitrogens is 6. The van der Waals surface area contributed by atoms with Crippen LogP contribution in [0.3, 0.4) is 0 Å². The first-order valence-corrected chi connectivity index (χ1v) is 9.92. The van der Waals surface area contributed by atoms with Gasteiger partial charge in [0, 0.05) is 41.8 Å². The van der Waals surface area contributed by atoms with Crippen molar-refractivity contribution in [2.45, 2.75) is 6.42 Å². The first-order valence-electron chi connectivity index (χ1n) is 8.66. The molecule has 4 aromatic heterocycles. The third-order valence-electron chi connectivity index (χ3n) is 4.47. The van der Waals surface area contributed by atoms with Crippen molar-refractivity contribution in [3.05, 3.63) is 52.9 Å². The fourth-order valence-electron chi connectivity index (χ4n) is 3.12. The van der Waals surface area contributed by atoms with E-state index in [1.54, 1.807) is 16.4 Å². The number of thiazole rings is 1. The molecule has 9 heteroatoms. The SMILES string of the molecule is Cn1cc(-c2nc(OCCc3c[nH]c4ccc(Cl)cc34)c3ncsc3n2)cn1. The van der Waals surface area contributed by atoms with E-state index in [0.29, 0.717) is 23.8 Å². The molecule has 0 aliphatic carbocycles. The van der Waals surface area contributed by atoms with Crippen molar-refractivity contribution in [1.29, 1.82) is 0 Å². The molecule has 0 spiro atoms. The molecular weight excluding hydrogens is 396 g/mol. The molecule has 7 nitrogen and oxygen atoms in total. The molecule has 0 saturated carbocycles. The van der Waals surface area contributed by atoms with E-state index in [9.17, 15) is 0 Å². The zero-order valence-electron chi connectivity index (χ0n) is 14.9. The van der Waals surface area contributed by atoms with Crippen molar-refractivity contribution in [2.24, 2.45) is 7.05 Å². The smallest absolute Gasteiger partial charge is 0.245 e. The molecule has 0 aliphatic rings. The molecule has 0 atom stereocenters. The van der Waals surface area contributed by atoms with Crippen molar-refractivity contribution >= 4 is 44.2 Å². The second-order valence-corrected chi connectivity index (χ2v) is 7.63. The van der Waals surface area contributed by atoms with Crippen LogP contribution in [0.1, 0.15) is 5.56 Å². The number of benzene rings is 1. The van der Waals surface area contributed by atoms with Crippen LogP contribution in [0.4, 0.5) is 0 Å². The summed E-state index contributed by atoms with van der Waals surface area (Å²) in [5.41, 5.74) is 5.48. The van der Waals surface area contributed by atoms with E-state index in [1.165, 1.54) is 11.3 Å². The number of ether oxygens (including phenoxy) is 1. The average molecular weight is 411 g/mol. The number of fused-ring (bicyclic) bond motifs is 2. The van der Waals surface area contributed by atoms with Crippen molar-refractivity contribution in [1.82, 2.24) is 29.7 Å². The highest BCUT2D eigenvalue weighted by molar-refractivity contribution is 7.16. The Bertz CT molecular complexity index is 1290. The van der Waals surface area contributed by atoms with Crippen LogP contribution in [-0.4, -0.2) is 36.3 Å². The number of aromatic amines is 1. The van der Waals surface area contributed by atoms with Crippen LogP contribution in [-0.2, 0) is 13.5 Å². The summed E-state index contributed by atoms with van der Waals surface area (Å²) >= 11 is 7.59. The second-order valence-electron chi connectivity index (χ2n) is 6.36. The lowest BCUT2D eigenvalue weighted by molar-refractivity contribution is 0.313. The number of nitrogens with zero attached hydrogens (tertiary/aromatic N) is 5. The van der Waals surface area contributed by atoms with Gasteiger partial charge in [-0.15, -0.1) is 11.3 Å². The van der Waals surface area contributed by atoms with Crippen LogP contribution < -0.4 is 4.74 Å². The number of H-pyrrole nitrogens is 1. The Kier molecular flexibility index (Phi) is 4.22. The van der Waals surface area contributed by atoms with Gasteiger partial charge in [-0.3, -0.25) is 4.68 Å². The van der Waals surface area contributed by atoms with E-state index in [4.69, 9.17) is 16.3 Å². The standard InChI is InChI=1S/C19H15ClN6OS/c1-26-9-12(8-23-26)17-24-18(16-19(25-17)28-10-22-16)27-5-4-11-7-21-15-3-2-13(20)6-14(11)15/h2-3,6-10,21H,4-5H2,1H3. The lowest BCUT2D eigenvalue weighted by Crippen LogP contribution is -2.04. The molecule has 1 aromatic carbocycles. The van der Waals surface area contributed by atoms with Gasteiger partial charge in [0.25, 0.3) is 0 Å². The molecule has 0 bridgehead atoms. The van der Waals surface area contributed by atoms with Gasteiger partial charge in [0.1, 0.15) is 0 Å². The Labute approximate surface area is 169 Å². The minimum absolute atomic E-state index is 0.468. The summed E-state index contributed by atoms with van der Waals surface area (Å²) in [5.74, 6) is 1.07. The molecule has 0 fully saturated rings. The first-order chi connectivity index (χ1) is 13.7. The van der Waals surface area contributed by atoms with Crippen LogP contribution >= 0.6 is 22.9 Å². The molecule has 0 saturated heterocycles. The number of nitrogens with one attached hydrogen (secondary N) is 1. The van der Waals surface area contributed by atoms with Gasteiger partial charge >= 0.3 is 0 Å². The van der Waals surface area contributed by atoms with E-state index in [0.717, 1.165) is 38.3 Å². The van der Waals surface area contributed by atoms with Gasteiger partial charge in [0.15, 0.2) is 16.2 Å². The van der Waals surface area contributed by atoms with Gasteiger partial charge < -0.3 is 9.72 Å². The summed E-state index contributed by atoms with van der Waals surface area (Å²) in [7, 11) is 1.86. The summed E-state index contributed by atoms with van der Waals surface area (Å²) in [6.07, 6.45) is 6.32. The molecule has 5 aromatic rings. The highest BCUT2D eigenvalue weighted by Crippen LogP contribution is 2.28. The Morgan fingerprint density at radius 3 is 3.07 bits per heavy atom. The highest BCUT2D eigenvalue weighted by Gasteiger charge is 2.14. The summed E-state index contributed by atoms with van der Waals surface area (Å²) < 4.78 is 7.74. The molecule has 0 radical (unpaired) electrons. The van der Waals surface area contributed by atoms with Gasteiger partial charge in [0.2, 0.25) is 5.88 Å². The maximum Gasteiger partial charge on any atom is 0.245 e. The Morgan fingerprint density at radius 2 is 2.21 bits per heavy atom. The van der Waals surface area contributed by atoms with Crippen molar-refractivity contribution in [3.8, 4) is 17.3 Å². The predicted octanol–water partition coefficient (Wildman–Crippen LogP) is 4.24. The Balaban J connectivity index is 1.41. The Hall–Kier alpha value is -2.97. The number of rotatable bonds is 5. The lowest BCUT2D eigenvalue weighted by Gasteiger charge is -2.07. The van der Waals surface area contributed by atoms with Crippen LogP contribution in [0, 0.1) is 0 Å². The molecule has 1 N–H and O–H groups in total. The molecule has 0 unspecified atom stereocenters. The summed E-state index contributed by atoms with van der Waals surface area (Å²) in [6, 6.07) is 5.82. The van der Waals surface area contributed by atoms with Crippen LogP contribution in [0.2, 0.25) is 5.02 Å². The van der Waals surface area contributed by atoms with Gasteiger partial charge in [-0.25, -0.2) is 9.97 Å². The van der Waals surface area contributed by atoms with Crippen molar-refractivity contribution < 1.29 is 4.74 Å². The van der Waals surface area contributed by atoms with Gasteiger partial charge in [-0.2, -0.15) is 10.1 Å². The lowest BCUT2D eigenvalue weighted by atomic mass is 10.1. The van der Waals surface area contributed by atoms with Crippen molar-refractivity contribution in [3.63, 3.8) is 0 Å². The molecule has 28 heavy (non-hydrogen) atoms. The molecule has 4 heterocycles. The molecule has 0 amide bonds. The predicted molar refractivity (Wildman–Crippen MR) is 110 cm³/mol. The molecule has 0 aliphatic heterocycles. The normalized spacial score (nSPS) is 11.5. The largest absolute Gasteiger partial charge is 0.476 e. The maximum absolute atomic E-state index is 6.13. The second kappa shape index (κ2) is 6.88. The van der Waals surface area contributed by atoms with E-state index in [-0.39, 0.29) is 0 Å². The molecule has 140 valence electrons. The van der Waals surface area contributed by atoms with Gasteiger partial charge in [0.05, 0.1) is 23.9 Å². The number of aryl methyl sites for hydroxylation is 1. The topological polar surface area (TPSA) is 81.5 Å². The van der Waals surface area contributed by atoms with Gasteiger partial charge in [-0.1, -0.05) is 11.6 Å². The van der Waals surface area contributed by atoms with Crippen LogP contribution in [0.15, 0.2) is 42.3 Å². The van der Waals surface area contributed by atoms with E-state index in [2.05, 4.69) is 25.0 Å².